The standard InChI is InChI=1S/C15H11BrN2O4S/c1-8-3-2-4-9(13(8)19)15(20)21-7-12-17-18-14(22-12)10-5-6-11(16)23-10/h2-6,19H,7H2,1H3. The summed E-state index contributed by atoms with van der Waals surface area (Å²) < 4.78 is 11.5. The Bertz CT molecular complexity index is 859. The molecule has 0 aliphatic heterocycles. The predicted octanol–water partition coefficient (Wildman–Crippen LogP) is 3.93. The van der Waals surface area contributed by atoms with Crippen molar-refractivity contribution in [3.05, 3.63) is 51.1 Å². The van der Waals surface area contributed by atoms with E-state index in [2.05, 4.69) is 26.1 Å². The maximum atomic E-state index is 12.0. The van der Waals surface area contributed by atoms with Crippen LogP contribution in [-0.2, 0) is 11.3 Å². The van der Waals surface area contributed by atoms with Gasteiger partial charge in [0.05, 0.1) is 8.66 Å². The van der Waals surface area contributed by atoms with Crippen molar-refractivity contribution in [2.45, 2.75) is 13.5 Å². The first kappa shape index (κ1) is 15.7. The summed E-state index contributed by atoms with van der Waals surface area (Å²) in [4.78, 5) is 12.8. The number of carbonyl (C=O) groups excluding carboxylic acids is 1. The monoisotopic (exact) mass is 394 g/mol. The Kier molecular flexibility index (Phi) is 4.44. The van der Waals surface area contributed by atoms with Gasteiger partial charge in [0.1, 0.15) is 11.3 Å². The number of aryl methyl sites for hydroxylation is 1. The van der Waals surface area contributed by atoms with Crippen molar-refractivity contribution in [1.82, 2.24) is 10.2 Å². The van der Waals surface area contributed by atoms with Gasteiger partial charge in [-0.15, -0.1) is 21.5 Å². The van der Waals surface area contributed by atoms with Crippen LogP contribution in [0.5, 0.6) is 5.75 Å². The fraction of sp³-hybridized carbons (Fsp3) is 0.133. The minimum Gasteiger partial charge on any atom is -0.507 e. The maximum absolute atomic E-state index is 12.0. The number of phenols is 1. The highest BCUT2D eigenvalue weighted by molar-refractivity contribution is 9.11. The van der Waals surface area contributed by atoms with Gasteiger partial charge in [0.15, 0.2) is 6.61 Å². The molecule has 2 heterocycles. The average Bonchev–Trinajstić information content (AvgIpc) is 3.16. The minimum absolute atomic E-state index is 0.0906. The summed E-state index contributed by atoms with van der Waals surface area (Å²) in [5.74, 6) is -0.188. The second kappa shape index (κ2) is 6.51. The van der Waals surface area contributed by atoms with Gasteiger partial charge < -0.3 is 14.3 Å². The number of aromatic nitrogens is 2. The molecule has 3 aromatic rings. The molecule has 0 saturated carbocycles. The van der Waals surface area contributed by atoms with E-state index < -0.39 is 5.97 Å². The number of nitrogens with zero attached hydrogens (tertiary/aromatic N) is 2. The van der Waals surface area contributed by atoms with E-state index >= 15 is 0 Å². The van der Waals surface area contributed by atoms with Crippen LogP contribution in [-0.4, -0.2) is 21.3 Å². The number of aromatic hydroxyl groups is 1. The van der Waals surface area contributed by atoms with E-state index in [4.69, 9.17) is 9.15 Å². The Morgan fingerprint density at radius 3 is 2.91 bits per heavy atom. The molecule has 0 fully saturated rings. The minimum atomic E-state index is -0.648. The molecular formula is C15H11BrN2O4S. The molecule has 3 rings (SSSR count). The first-order valence-corrected chi connectivity index (χ1v) is 8.19. The molecule has 1 aromatic carbocycles. The summed E-state index contributed by atoms with van der Waals surface area (Å²) in [7, 11) is 0. The summed E-state index contributed by atoms with van der Waals surface area (Å²) in [5, 5.41) is 17.6. The smallest absolute Gasteiger partial charge is 0.342 e. The maximum Gasteiger partial charge on any atom is 0.342 e. The third kappa shape index (κ3) is 3.43. The summed E-state index contributed by atoms with van der Waals surface area (Å²) in [6.07, 6.45) is 0. The normalized spacial score (nSPS) is 10.7. The van der Waals surface area contributed by atoms with Gasteiger partial charge in [-0.25, -0.2) is 4.79 Å². The lowest BCUT2D eigenvalue weighted by Crippen LogP contribution is -2.06. The number of benzene rings is 1. The number of halogens is 1. The number of ether oxygens (including phenoxy) is 1. The van der Waals surface area contributed by atoms with Crippen molar-refractivity contribution >= 4 is 33.2 Å². The Balaban J connectivity index is 1.68. The van der Waals surface area contributed by atoms with Crippen molar-refractivity contribution in [3.63, 3.8) is 0 Å². The van der Waals surface area contributed by atoms with Crippen molar-refractivity contribution in [2.24, 2.45) is 0 Å². The van der Waals surface area contributed by atoms with Gasteiger partial charge in [0.2, 0.25) is 0 Å². The molecule has 23 heavy (non-hydrogen) atoms. The van der Waals surface area contributed by atoms with Crippen molar-refractivity contribution in [1.29, 1.82) is 0 Å². The Morgan fingerprint density at radius 2 is 2.17 bits per heavy atom. The Hall–Kier alpha value is -2.19. The number of hydrogen-bond donors (Lipinski definition) is 1. The number of carbonyl (C=O) groups is 1. The van der Waals surface area contributed by atoms with E-state index in [-0.39, 0.29) is 23.8 Å². The van der Waals surface area contributed by atoms with E-state index in [0.717, 1.165) is 8.66 Å². The number of phenolic OH excluding ortho intramolecular Hbond substituents is 1. The zero-order valence-electron chi connectivity index (χ0n) is 11.9. The van der Waals surface area contributed by atoms with Crippen LogP contribution in [0.3, 0.4) is 0 Å². The molecule has 1 N–H and O–H groups in total. The lowest BCUT2D eigenvalue weighted by Gasteiger charge is -2.06. The van der Waals surface area contributed by atoms with Crippen LogP contribution in [0.2, 0.25) is 0 Å². The van der Waals surface area contributed by atoms with Crippen molar-refractivity contribution in [3.8, 4) is 16.5 Å². The molecule has 0 spiro atoms. The molecule has 0 atom stereocenters. The van der Waals surface area contributed by atoms with Crippen LogP contribution in [0.25, 0.3) is 10.8 Å². The molecule has 0 saturated heterocycles. The predicted molar refractivity (Wildman–Crippen MR) is 87.3 cm³/mol. The number of thiophene rings is 1. The topological polar surface area (TPSA) is 85.5 Å². The summed E-state index contributed by atoms with van der Waals surface area (Å²) in [6.45, 7) is 1.54. The third-order valence-electron chi connectivity index (χ3n) is 3.04. The summed E-state index contributed by atoms with van der Waals surface area (Å²) in [6, 6.07) is 8.60. The van der Waals surface area contributed by atoms with E-state index in [0.29, 0.717) is 11.5 Å². The second-order valence-electron chi connectivity index (χ2n) is 4.65. The van der Waals surface area contributed by atoms with Crippen LogP contribution in [0.15, 0.2) is 38.5 Å². The molecular weight excluding hydrogens is 384 g/mol. The van der Waals surface area contributed by atoms with E-state index in [1.54, 1.807) is 19.1 Å². The fourth-order valence-corrected chi connectivity index (χ4v) is 3.18. The van der Waals surface area contributed by atoms with Gasteiger partial charge in [-0.2, -0.15) is 0 Å². The molecule has 0 bridgehead atoms. The van der Waals surface area contributed by atoms with Crippen LogP contribution in [0.4, 0.5) is 0 Å². The number of hydrogen-bond acceptors (Lipinski definition) is 7. The van der Waals surface area contributed by atoms with Gasteiger partial charge >= 0.3 is 5.97 Å². The second-order valence-corrected chi connectivity index (χ2v) is 7.11. The molecule has 0 aliphatic rings. The molecule has 6 nitrogen and oxygen atoms in total. The van der Waals surface area contributed by atoms with E-state index in [9.17, 15) is 9.90 Å². The highest BCUT2D eigenvalue weighted by atomic mass is 79.9. The highest BCUT2D eigenvalue weighted by Crippen LogP contribution is 2.30. The zero-order chi connectivity index (χ0) is 16.4. The fourth-order valence-electron chi connectivity index (χ4n) is 1.87. The van der Waals surface area contributed by atoms with Crippen LogP contribution < -0.4 is 0 Å². The SMILES string of the molecule is Cc1cccc(C(=O)OCc2nnc(-c3ccc(Br)s3)o2)c1O. The average molecular weight is 395 g/mol. The highest BCUT2D eigenvalue weighted by Gasteiger charge is 2.16. The number of esters is 1. The van der Waals surface area contributed by atoms with Crippen LogP contribution in [0, 0.1) is 6.92 Å². The molecule has 118 valence electrons. The molecule has 0 amide bonds. The molecule has 0 unspecified atom stereocenters. The van der Waals surface area contributed by atoms with Crippen molar-refractivity contribution < 1.29 is 19.1 Å². The first-order chi connectivity index (χ1) is 11.0. The van der Waals surface area contributed by atoms with Gasteiger partial charge in [-0.05, 0) is 46.6 Å². The molecule has 0 aliphatic carbocycles. The van der Waals surface area contributed by atoms with Crippen molar-refractivity contribution in [2.75, 3.05) is 0 Å². The van der Waals surface area contributed by atoms with Crippen LogP contribution >= 0.6 is 27.3 Å². The van der Waals surface area contributed by atoms with Gasteiger partial charge in [0.25, 0.3) is 11.8 Å². The lowest BCUT2D eigenvalue weighted by molar-refractivity contribution is 0.0435. The van der Waals surface area contributed by atoms with Gasteiger partial charge in [-0.1, -0.05) is 12.1 Å². The third-order valence-corrected chi connectivity index (χ3v) is 4.65. The van der Waals surface area contributed by atoms with Gasteiger partial charge in [0, 0.05) is 0 Å². The molecule has 2 aromatic heterocycles. The number of para-hydroxylation sites is 1. The molecule has 0 radical (unpaired) electrons. The quantitative estimate of drug-likeness (QED) is 0.674. The largest absolute Gasteiger partial charge is 0.507 e. The lowest BCUT2D eigenvalue weighted by atomic mass is 10.1. The van der Waals surface area contributed by atoms with Gasteiger partial charge in [-0.3, -0.25) is 0 Å². The van der Waals surface area contributed by atoms with Crippen LogP contribution in [0.1, 0.15) is 21.8 Å². The Morgan fingerprint density at radius 1 is 1.35 bits per heavy atom. The summed E-state index contributed by atoms with van der Waals surface area (Å²) in [5.41, 5.74) is 0.703. The molecule has 8 heteroatoms. The Labute approximate surface area is 143 Å². The van der Waals surface area contributed by atoms with E-state index in [1.807, 2.05) is 12.1 Å². The number of rotatable bonds is 4. The van der Waals surface area contributed by atoms with E-state index in [1.165, 1.54) is 17.4 Å². The zero-order valence-corrected chi connectivity index (χ0v) is 14.3. The first-order valence-electron chi connectivity index (χ1n) is 6.58. The summed E-state index contributed by atoms with van der Waals surface area (Å²) >= 11 is 4.82.